The fourth-order valence-electron chi connectivity index (χ4n) is 1.97. The molecule has 0 amide bonds. The molecule has 1 heterocycles. The summed E-state index contributed by atoms with van der Waals surface area (Å²) in [6, 6.07) is 0. The number of aliphatic hydroxyl groups excluding tert-OH is 1. The van der Waals surface area contributed by atoms with E-state index in [4.69, 9.17) is 4.74 Å². The van der Waals surface area contributed by atoms with E-state index < -0.39 is 0 Å². The van der Waals surface area contributed by atoms with Crippen LogP contribution in [-0.4, -0.2) is 63.1 Å². The summed E-state index contributed by atoms with van der Waals surface area (Å²) < 4.78 is 4.86. The van der Waals surface area contributed by atoms with Gasteiger partial charge in [0.1, 0.15) is 0 Å². The monoisotopic (exact) mass is 216 g/mol. The number of rotatable bonds is 6. The molecule has 4 heteroatoms. The molecule has 0 aromatic carbocycles. The quantitative estimate of drug-likeness (QED) is 0.652. The van der Waals surface area contributed by atoms with Crippen LogP contribution in [0.25, 0.3) is 0 Å². The third kappa shape index (κ3) is 5.47. The zero-order chi connectivity index (χ0) is 11.1. The second kappa shape index (κ2) is 7.17. The van der Waals surface area contributed by atoms with Crippen molar-refractivity contribution in [3.05, 3.63) is 0 Å². The Morgan fingerprint density at radius 2 is 2.13 bits per heavy atom. The predicted molar refractivity (Wildman–Crippen MR) is 61.0 cm³/mol. The van der Waals surface area contributed by atoms with Crippen LogP contribution in [0.3, 0.4) is 0 Å². The standard InChI is InChI=1S/C11H24N2O2/c1-13-5-3-10(4-6-13)7-12-8-11(14)9-15-2/h10-12,14H,3-9H2,1-2H3. The Morgan fingerprint density at radius 1 is 1.47 bits per heavy atom. The van der Waals surface area contributed by atoms with Crippen molar-refractivity contribution >= 4 is 0 Å². The lowest BCUT2D eigenvalue weighted by Crippen LogP contribution is -2.38. The molecule has 1 aliphatic heterocycles. The SMILES string of the molecule is COCC(O)CNCC1CCN(C)CC1. The molecule has 2 N–H and O–H groups in total. The second-order valence-electron chi connectivity index (χ2n) is 4.51. The molecule has 0 aromatic rings. The maximum absolute atomic E-state index is 9.42. The highest BCUT2D eigenvalue weighted by Crippen LogP contribution is 2.14. The summed E-state index contributed by atoms with van der Waals surface area (Å²) in [5, 5.41) is 12.7. The lowest BCUT2D eigenvalue weighted by molar-refractivity contribution is 0.0633. The third-order valence-corrected chi connectivity index (χ3v) is 3.01. The molecule has 0 radical (unpaired) electrons. The highest BCUT2D eigenvalue weighted by molar-refractivity contribution is 4.72. The first kappa shape index (κ1) is 12.9. The fourth-order valence-corrected chi connectivity index (χ4v) is 1.97. The number of ether oxygens (including phenoxy) is 1. The van der Waals surface area contributed by atoms with E-state index in [2.05, 4.69) is 17.3 Å². The minimum atomic E-state index is -0.374. The molecular weight excluding hydrogens is 192 g/mol. The van der Waals surface area contributed by atoms with Crippen LogP contribution in [0.1, 0.15) is 12.8 Å². The molecule has 1 atom stereocenters. The number of likely N-dealkylation sites (tertiary alicyclic amines) is 1. The number of nitrogens with zero attached hydrogens (tertiary/aromatic N) is 1. The molecule has 1 unspecified atom stereocenters. The van der Waals surface area contributed by atoms with Crippen LogP contribution in [0, 0.1) is 5.92 Å². The maximum atomic E-state index is 9.42. The highest BCUT2D eigenvalue weighted by atomic mass is 16.5. The zero-order valence-corrected chi connectivity index (χ0v) is 9.91. The Kier molecular flexibility index (Phi) is 6.17. The largest absolute Gasteiger partial charge is 0.389 e. The van der Waals surface area contributed by atoms with Crippen molar-refractivity contribution in [1.29, 1.82) is 0 Å². The predicted octanol–water partition coefficient (Wildman–Crippen LogP) is -0.0749. The van der Waals surface area contributed by atoms with Gasteiger partial charge in [-0.3, -0.25) is 0 Å². The average molecular weight is 216 g/mol. The summed E-state index contributed by atoms with van der Waals surface area (Å²) in [5.41, 5.74) is 0. The molecule has 1 rings (SSSR count). The van der Waals surface area contributed by atoms with E-state index in [1.54, 1.807) is 7.11 Å². The van der Waals surface area contributed by atoms with Gasteiger partial charge in [-0.25, -0.2) is 0 Å². The Morgan fingerprint density at radius 3 is 2.73 bits per heavy atom. The molecule has 0 spiro atoms. The van der Waals surface area contributed by atoms with Gasteiger partial charge in [0, 0.05) is 13.7 Å². The van der Waals surface area contributed by atoms with Crippen LogP contribution in [0.2, 0.25) is 0 Å². The van der Waals surface area contributed by atoms with Gasteiger partial charge in [0.25, 0.3) is 0 Å². The van der Waals surface area contributed by atoms with Crippen LogP contribution < -0.4 is 5.32 Å². The minimum absolute atomic E-state index is 0.374. The average Bonchev–Trinajstić information content (AvgIpc) is 2.21. The van der Waals surface area contributed by atoms with Crippen LogP contribution in [0.15, 0.2) is 0 Å². The molecule has 90 valence electrons. The molecule has 15 heavy (non-hydrogen) atoms. The van der Waals surface area contributed by atoms with Gasteiger partial charge in [-0.1, -0.05) is 0 Å². The van der Waals surface area contributed by atoms with E-state index in [9.17, 15) is 5.11 Å². The Bertz CT molecular complexity index is 159. The van der Waals surface area contributed by atoms with Crippen LogP contribution in [0.4, 0.5) is 0 Å². The van der Waals surface area contributed by atoms with Gasteiger partial charge >= 0.3 is 0 Å². The van der Waals surface area contributed by atoms with Gasteiger partial charge in [-0.15, -0.1) is 0 Å². The summed E-state index contributed by atoms with van der Waals surface area (Å²) >= 11 is 0. The third-order valence-electron chi connectivity index (χ3n) is 3.01. The normalized spacial score (nSPS) is 21.8. The molecule has 0 bridgehead atoms. The molecular formula is C11H24N2O2. The van der Waals surface area contributed by atoms with E-state index in [0.717, 1.165) is 12.5 Å². The minimum Gasteiger partial charge on any atom is -0.389 e. The van der Waals surface area contributed by atoms with Crippen molar-refractivity contribution in [3.63, 3.8) is 0 Å². The van der Waals surface area contributed by atoms with Gasteiger partial charge in [0.2, 0.25) is 0 Å². The molecule has 1 saturated heterocycles. The van der Waals surface area contributed by atoms with Crippen LogP contribution in [0.5, 0.6) is 0 Å². The van der Waals surface area contributed by atoms with Crippen LogP contribution in [-0.2, 0) is 4.74 Å². The molecule has 4 nitrogen and oxygen atoms in total. The van der Waals surface area contributed by atoms with Crippen LogP contribution >= 0.6 is 0 Å². The van der Waals surface area contributed by atoms with Crippen molar-refractivity contribution in [1.82, 2.24) is 10.2 Å². The molecule has 1 fully saturated rings. The summed E-state index contributed by atoms with van der Waals surface area (Å²) in [5.74, 6) is 0.774. The fraction of sp³-hybridized carbons (Fsp3) is 1.00. The van der Waals surface area contributed by atoms with Gasteiger partial charge in [0.15, 0.2) is 0 Å². The summed E-state index contributed by atoms with van der Waals surface area (Å²) in [6.07, 6.45) is 2.16. The zero-order valence-electron chi connectivity index (χ0n) is 9.91. The number of hydrogen-bond acceptors (Lipinski definition) is 4. The maximum Gasteiger partial charge on any atom is 0.0897 e. The number of nitrogens with one attached hydrogen (secondary N) is 1. The van der Waals surface area contributed by atoms with Crippen molar-refractivity contribution in [2.45, 2.75) is 18.9 Å². The van der Waals surface area contributed by atoms with E-state index in [0.29, 0.717) is 13.2 Å². The summed E-state index contributed by atoms with van der Waals surface area (Å²) in [7, 11) is 3.78. The summed E-state index contributed by atoms with van der Waals surface area (Å²) in [4.78, 5) is 2.37. The molecule has 0 aliphatic carbocycles. The lowest BCUT2D eigenvalue weighted by Gasteiger charge is -2.29. The van der Waals surface area contributed by atoms with Gasteiger partial charge in [-0.2, -0.15) is 0 Å². The van der Waals surface area contributed by atoms with Crippen molar-refractivity contribution in [2.75, 3.05) is 46.9 Å². The first-order chi connectivity index (χ1) is 7.22. The lowest BCUT2D eigenvalue weighted by atomic mass is 9.97. The first-order valence-corrected chi connectivity index (χ1v) is 5.78. The van der Waals surface area contributed by atoms with Gasteiger partial charge in [0.05, 0.1) is 12.7 Å². The Balaban J connectivity index is 2.00. The number of aliphatic hydroxyl groups is 1. The van der Waals surface area contributed by atoms with Gasteiger partial charge in [-0.05, 0) is 45.4 Å². The Hall–Kier alpha value is -0.160. The van der Waals surface area contributed by atoms with E-state index in [1.165, 1.54) is 25.9 Å². The van der Waals surface area contributed by atoms with Crippen molar-refractivity contribution < 1.29 is 9.84 Å². The van der Waals surface area contributed by atoms with Crippen molar-refractivity contribution in [2.24, 2.45) is 5.92 Å². The van der Waals surface area contributed by atoms with Crippen molar-refractivity contribution in [3.8, 4) is 0 Å². The van der Waals surface area contributed by atoms with E-state index in [1.807, 2.05) is 0 Å². The molecule has 0 aromatic heterocycles. The second-order valence-corrected chi connectivity index (χ2v) is 4.51. The highest BCUT2D eigenvalue weighted by Gasteiger charge is 2.16. The topological polar surface area (TPSA) is 44.7 Å². The number of hydrogen-bond donors (Lipinski definition) is 2. The molecule has 0 saturated carbocycles. The molecule has 1 aliphatic rings. The number of piperidine rings is 1. The van der Waals surface area contributed by atoms with E-state index in [-0.39, 0.29) is 6.10 Å². The summed E-state index contributed by atoms with van der Waals surface area (Å²) in [6.45, 7) is 4.48. The Labute approximate surface area is 92.6 Å². The first-order valence-electron chi connectivity index (χ1n) is 5.78. The van der Waals surface area contributed by atoms with E-state index >= 15 is 0 Å². The smallest absolute Gasteiger partial charge is 0.0897 e. The number of methoxy groups -OCH3 is 1. The van der Waals surface area contributed by atoms with Gasteiger partial charge < -0.3 is 20.1 Å².